The van der Waals surface area contributed by atoms with E-state index in [1.54, 1.807) is 0 Å². The van der Waals surface area contributed by atoms with E-state index in [0.29, 0.717) is 12.8 Å². The van der Waals surface area contributed by atoms with E-state index in [1.165, 1.54) is 148 Å². The number of carboxylic acid groups (broad SMARTS) is 1. The largest absolute Gasteiger partial charge is 0.479 e. The number of aliphatic hydroxyl groups excluding tert-OH is 3. The molecule has 0 spiro atoms. The average molecular weight is 895 g/mol. The van der Waals surface area contributed by atoms with Crippen molar-refractivity contribution in [3.05, 3.63) is 24.3 Å². The number of carbonyl (C=O) groups is 3. The van der Waals surface area contributed by atoms with Crippen molar-refractivity contribution in [2.24, 2.45) is 0 Å². The molecule has 0 aliphatic carbocycles. The average Bonchev–Trinajstić information content (AvgIpc) is 3.27. The van der Waals surface area contributed by atoms with Gasteiger partial charge >= 0.3 is 17.9 Å². The quantitative estimate of drug-likeness (QED) is 0.0261. The zero-order chi connectivity index (χ0) is 46.0. The number of ether oxygens (including phenoxy) is 4. The number of esters is 2. The van der Waals surface area contributed by atoms with Gasteiger partial charge in [0.25, 0.3) is 0 Å². The van der Waals surface area contributed by atoms with Crippen LogP contribution in [0.1, 0.15) is 239 Å². The Morgan fingerprint density at radius 3 is 1.35 bits per heavy atom. The number of carbonyl (C=O) groups excluding carboxylic acids is 2. The molecule has 11 heteroatoms. The van der Waals surface area contributed by atoms with E-state index in [4.69, 9.17) is 18.9 Å². The Hall–Kier alpha value is -2.31. The number of unbranched alkanes of at least 4 members (excludes halogenated alkanes) is 29. The number of aliphatic carboxylic acids is 1. The van der Waals surface area contributed by atoms with Gasteiger partial charge in [0.2, 0.25) is 0 Å². The minimum atomic E-state index is -1.86. The van der Waals surface area contributed by atoms with Gasteiger partial charge in [-0.1, -0.05) is 205 Å². The van der Waals surface area contributed by atoms with E-state index >= 15 is 0 Å². The lowest BCUT2D eigenvalue weighted by Crippen LogP contribution is -2.60. The Morgan fingerprint density at radius 2 is 0.889 bits per heavy atom. The summed E-state index contributed by atoms with van der Waals surface area (Å²) < 4.78 is 21.8. The van der Waals surface area contributed by atoms with Gasteiger partial charge in [0.1, 0.15) is 24.9 Å². The lowest BCUT2D eigenvalue weighted by atomic mass is 9.99. The molecule has 1 saturated heterocycles. The number of carboxylic acids is 1. The maximum atomic E-state index is 12.8. The second-order valence-corrected chi connectivity index (χ2v) is 18.0. The molecule has 11 nitrogen and oxygen atoms in total. The fraction of sp³-hybridized carbons (Fsp3) is 0.865. The molecule has 0 radical (unpaired) electrons. The highest BCUT2D eigenvalue weighted by Crippen LogP contribution is 2.23. The summed E-state index contributed by atoms with van der Waals surface area (Å²) in [6.07, 6.45) is 39.4. The second-order valence-electron chi connectivity index (χ2n) is 18.0. The van der Waals surface area contributed by atoms with Gasteiger partial charge in [-0.2, -0.15) is 0 Å². The second kappa shape index (κ2) is 42.3. The van der Waals surface area contributed by atoms with Gasteiger partial charge in [0.15, 0.2) is 18.5 Å². The summed E-state index contributed by atoms with van der Waals surface area (Å²) in [5, 5.41) is 39.9. The van der Waals surface area contributed by atoms with Crippen molar-refractivity contribution in [2.45, 2.75) is 275 Å². The monoisotopic (exact) mass is 895 g/mol. The summed E-state index contributed by atoms with van der Waals surface area (Å²) >= 11 is 0. The van der Waals surface area contributed by atoms with Crippen LogP contribution in [0.5, 0.6) is 0 Å². The highest BCUT2D eigenvalue weighted by molar-refractivity contribution is 5.73. The van der Waals surface area contributed by atoms with Crippen LogP contribution in [0.4, 0.5) is 0 Å². The van der Waals surface area contributed by atoms with Crippen molar-refractivity contribution >= 4 is 17.9 Å². The van der Waals surface area contributed by atoms with E-state index in [9.17, 15) is 34.8 Å². The molecule has 1 fully saturated rings. The van der Waals surface area contributed by atoms with Crippen LogP contribution < -0.4 is 0 Å². The fourth-order valence-corrected chi connectivity index (χ4v) is 7.97. The summed E-state index contributed by atoms with van der Waals surface area (Å²) in [5.41, 5.74) is 0. The van der Waals surface area contributed by atoms with E-state index in [2.05, 4.69) is 38.2 Å². The van der Waals surface area contributed by atoms with Gasteiger partial charge in [-0.05, 0) is 44.9 Å². The van der Waals surface area contributed by atoms with Crippen molar-refractivity contribution in [3.8, 4) is 0 Å². The Labute approximate surface area is 383 Å². The standard InChI is InChI=1S/C52H94O11/c1-3-5-7-9-11-13-15-17-19-21-22-23-25-27-29-31-33-35-37-39-41-46(54)62-44(43-61-52-49(57)47(55)48(56)50(63-52)51(58)59)42-60-45(53)40-38-36-34-32-30-28-26-24-20-18-16-14-12-10-8-6-4-2/h12,14,18,20,44,47-50,52,55-57H,3-11,13,15-17,19,21-43H2,1-2H3,(H,58,59)/b14-12-,20-18-. The molecule has 0 amide bonds. The van der Waals surface area contributed by atoms with Crippen LogP contribution in [0.3, 0.4) is 0 Å². The Bertz CT molecular complexity index is 1140. The molecule has 0 aromatic heterocycles. The molecule has 6 unspecified atom stereocenters. The third-order valence-corrected chi connectivity index (χ3v) is 12.1. The summed E-state index contributed by atoms with van der Waals surface area (Å²) in [6, 6.07) is 0. The number of hydrogen-bond donors (Lipinski definition) is 4. The van der Waals surface area contributed by atoms with Crippen molar-refractivity contribution < 1.29 is 53.8 Å². The maximum Gasteiger partial charge on any atom is 0.335 e. The normalized spacial score (nSPS) is 19.5. The first-order valence-electron chi connectivity index (χ1n) is 25.9. The molecule has 0 bridgehead atoms. The molecule has 6 atom stereocenters. The highest BCUT2D eigenvalue weighted by Gasteiger charge is 2.47. The zero-order valence-electron chi connectivity index (χ0n) is 40.1. The lowest BCUT2D eigenvalue weighted by Gasteiger charge is -2.38. The summed E-state index contributed by atoms with van der Waals surface area (Å²) in [5.74, 6) is -2.44. The van der Waals surface area contributed by atoms with Crippen LogP contribution >= 0.6 is 0 Å². The lowest BCUT2D eigenvalue weighted by molar-refractivity contribution is -0.298. The van der Waals surface area contributed by atoms with Crippen molar-refractivity contribution in [1.82, 2.24) is 0 Å². The van der Waals surface area contributed by atoms with Crippen molar-refractivity contribution in [2.75, 3.05) is 13.2 Å². The van der Waals surface area contributed by atoms with Crippen LogP contribution in [0, 0.1) is 0 Å². The predicted octanol–water partition coefficient (Wildman–Crippen LogP) is 12.2. The van der Waals surface area contributed by atoms with Crippen LogP contribution in [-0.4, -0.2) is 88.4 Å². The number of hydrogen-bond acceptors (Lipinski definition) is 10. The summed E-state index contributed by atoms with van der Waals surface area (Å²) in [7, 11) is 0. The minimum Gasteiger partial charge on any atom is -0.479 e. The smallest absolute Gasteiger partial charge is 0.335 e. The van der Waals surface area contributed by atoms with Gasteiger partial charge in [0.05, 0.1) is 6.61 Å². The summed E-state index contributed by atoms with van der Waals surface area (Å²) in [6.45, 7) is 3.82. The third kappa shape index (κ3) is 33.8. The molecular formula is C52H94O11. The molecule has 1 rings (SSSR count). The van der Waals surface area contributed by atoms with E-state index in [-0.39, 0.29) is 26.1 Å². The molecule has 63 heavy (non-hydrogen) atoms. The van der Waals surface area contributed by atoms with Gasteiger partial charge in [-0.25, -0.2) is 4.79 Å². The molecule has 1 aliphatic heterocycles. The van der Waals surface area contributed by atoms with Gasteiger partial charge in [-0.15, -0.1) is 0 Å². The maximum absolute atomic E-state index is 12.8. The summed E-state index contributed by atoms with van der Waals surface area (Å²) in [4.78, 5) is 37.0. The van der Waals surface area contributed by atoms with Crippen molar-refractivity contribution in [3.63, 3.8) is 0 Å². The molecular weight excluding hydrogens is 801 g/mol. The molecule has 0 saturated carbocycles. The SMILES string of the molecule is CCCCC/C=C\C/C=C\CCCCCCCCCC(=O)OCC(COC1OC(C(=O)O)C(O)C(O)C1O)OC(=O)CCCCCCCCCCCCCCCCCCCCCC. The van der Waals surface area contributed by atoms with Crippen molar-refractivity contribution in [1.29, 1.82) is 0 Å². The molecule has 1 aliphatic rings. The van der Waals surface area contributed by atoms with Crippen LogP contribution in [0.15, 0.2) is 24.3 Å². The van der Waals surface area contributed by atoms with Crippen LogP contribution in [0.2, 0.25) is 0 Å². The molecule has 368 valence electrons. The number of aliphatic hydroxyl groups is 3. The topological polar surface area (TPSA) is 169 Å². The third-order valence-electron chi connectivity index (χ3n) is 12.1. The van der Waals surface area contributed by atoms with Crippen LogP contribution in [-0.2, 0) is 33.3 Å². The first-order chi connectivity index (χ1) is 30.7. The Kier molecular flexibility index (Phi) is 39.4. The van der Waals surface area contributed by atoms with E-state index < -0.39 is 54.7 Å². The first-order valence-corrected chi connectivity index (χ1v) is 25.9. The fourth-order valence-electron chi connectivity index (χ4n) is 7.97. The van der Waals surface area contributed by atoms with E-state index in [0.717, 1.165) is 51.4 Å². The highest BCUT2D eigenvalue weighted by atomic mass is 16.7. The van der Waals surface area contributed by atoms with Gasteiger partial charge in [-0.3, -0.25) is 9.59 Å². The Balaban J connectivity index is 2.29. The number of allylic oxidation sites excluding steroid dienone is 4. The Morgan fingerprint density at radius 1 is 0.492 bits per heavy atom. The molecule has 1 heterocycles. The van der Waals surface area contributed by atoms with Gasteiger partial charge < -0.3 is 39.4 Å². The van der Waals surface area contributed by atoms with E-state index in [1.807, 2.05) is 0 Å². The molecule has 4 N–H and O–H groups in total. The zero-order valence-corrected chi connectivity index (χ0v) is 40.1. The molecule has 0 aromatic rings. The molecule has 0 aromatic carbocycles. The number of rotatable bonds is 44. The van der Waals surface area contributed by atoms with Crippen LogP contribution in [0.25, 0.3) is 0 Å². The minimum absolute atomic E-state index is 0.186. The predicted molar refractivity (Wildman–Crippen MR) is 252 cm³/mol. The van der Waals surface area contributed by atoms with Gasteiger partial charge in [0, 0.05) is 12.8 Å². The first kappa shape index (κ1) is 58.7.